The second-order valence-electron chi connectivity index (χ2n) is 5.45. The van der Waals surface area contributed by atoms with E-state index in [1.54, 1.807) is 30.7 Å². The topological polar surface area (TPSA) is 62.3 Å². The Kier molecular flexibility index (Phi) is 6.49. The fourth-order valence-corrected chi connectivity index (χ4v) is 3.08. The van der Waals surface area contributed by atoms with Crippen molar-refractivity contribution in [3.63, 3.8) is 0 Å². The first-order valence-corrected chi connectivity index (χ1v) is 9.67. The van der Waals surface area contributed by atoms with Gasteiger partial charge in [0.25, 0.3) is 5.91 Å². The molecule has 2 aromatic rings. The van der Waals surface area contributed by atoms with E-state index in [9.17, 15) is 9.00 Å². The quantitative estimate of drug-likeness (QED) is 0.838. The molecule has 1 aromatic heterocycles. The summed E-state index contributed by atoms with van der Waals surface area (Å²) in [6.45, 7) is 5.94. The van der Waals surface area contributed by atoms with Crippen molar-refractivity contribution in [3.8, 4) is 0 Å². The normalized spacial score (nSPS) is 11.8. The summed E-state index contributed by atoms with van der Waals surface area (Å²) in [6, 6.07) is 10.9. The number of hydrogen-bond donors (Lipinski definition) is 1. The number of nitrogens with zero attached hydrogens (tertiary/aromatic N) is 2. The maximum Gasteiger partial charge on any atom is 0.255 e. The molecule has 0 radical (unpaired) electrons. The summed E-state index contributed by atoms with van der Waals surface area (Å²) in [5.74, 6) is 1.14. The van der Waals surface area contributed by atoms with Gasteiger partial charge in [0.15, 0.2) is 0 Å². The Morgan fingerprint density at radius 1 is 1.21 bits per heavy atom. The maximum absolute atomic E-state index is 12.4. The van der Waals surface area contributed by atoms with Crippen molar-refractivity contribution in [3.05, 3.63) is 53.7 Å². The minimum absolute atomic E-state index is 0.198. The Balaban J connectivity index is 2.08. The first-order valence-electron chi connectivity index (χ1n) is 7.94. The van der Waals surface area contributed by atoms with Crippen molar-refractivity contribution < 1.29 is 9.00 Å². The second-order valence-corrected chi connectivity index (χ2v) is 6.88. The lowest BCUT2D eigenvalue weighted by atomic mass is 10.1. The molecule has 1 amide bonds. The Morgan fingerprint density at radius 3 is 2.54 bits per heavy atom. The van der Waals surface area contributed by atoms with Crippen LogP contribution in [0.3, 0.4) is 0 Å². The number of pyridine rings is 1. The van der Waals surface area contributed by atoms with Gasteiger partial charge >= 0.3 is 0 Å². The van der Waals surface area contributed by atoms with Crippen LogP contribution in [0.2, 0.25) is 0 Å². The van der Waals surface area contributed by atoms with Crippen LogP contribution in [0.25, 0.3) is 0 Å². The molecule has 1 N–H and O–H groups in total. The van der Waals surface area contributed by atoms with Crippen LogP contribution in [-0.2, 0) is 16.6 Å². The number of amides is 1. The van der Waals surface area contributed by atoms with Crippen molar-refractivity contribution in [2.24, 2.45) is 0 Å². The molecule has 0 aliphatic rings. The summed E-state index contributed by atoms with van der Waals surface area (Å²) in [5, 5.41) is 2.85. The van der Waals surface area contributed by atoms with E-state index < -0.39 is 10.8 Å². The molecule has 2 rings (SSSR count). The molecule has 0 aliphatic carbocycles. The third kappa shape index (κ3) is 4.89. The zero-order valence-corrected chi connectivity index (χ0v) is 15.1. The predicted molar refractivity (Wildman–Crippen MR) is 100.0 cm³/mol. The van der Waals surface area contributed by atoms with E-state index in [0.717, 1.165) is 24.5 Å². The van der Waals surface area contributed by atoms with Gasteiger partial charge in [-0.1, -0.05) is 12.1 Å². The van der Waals surface area contributed by atoms with Crippen molar-refractivity contribution in [2.45, 2.75) is 19.6 Å². The second kappa shape index (κ2) is 8.59. The molecule has 1 atom stereocenters. The monoisotopic (exact) mass is 345 g/mol. The molecule has 1 heterocycles. The SMILES string of the molecule is CCN(CC)c1ccc(NC(=O)c2cccc(C[S@](C)=O)c2)cn1. The molecule has 5 nitrogen and oxygen atoms in total. The third-order valence-corrected chi connectivity index (χ3v) is 4.39. The van der Waals surface area contributed by atoms with Gasteiger partial charge in [-0.15, -0.1) is 0 Å². The van der Waals surface area contributed by atoms with Crippen molar-refractivity contribution >= 4 is 28.2 Å². The Labute approximate surface area is 145 Å². The Hall–Kier alpha value is -2.21. The van der Waals surface area contributed by atoms with Crippen molar-refractivity contribution in [1.82, 2.24) is 4.98 Å². The summed E-state index contributed by atoms with van der Waals surface area (Å²) in [6.07, 6.45) is 3.31. The highest BCUT2D eigenvalue weighted by molar-refractivity contribution is 7.83. The summed E-state index contributed by atoms with van der Waals surface area (Å²) in [7, 11) is -0.932. The smallest absolute Gasteiger partial charge is 0.255 e. The summed E-state index contributed by atoms with van der Waals surface area (Å²) in [4.78, 5) is 18.9. The van der Waals surface area contributed by atoms with Crippen molar-refractivity contribution in [2.75, 3.05) is 29.6 Å². The van der Waals surface area contributed by atoms with Crippen molar-refractivity contribution in [1.29, 1.82) is 0 Å². The fourth-order valence-electron chi connectivity index (χ4n) is 2.43. The van der Waals surface area contributed by atoms with Gasteiger partial charge in [-0.3, -0.25) is 9.00 Å². The van der Waals surface area contributed by atoms with E-state index in [-0.39, 0.29) is 5.91 Å². The zero-order valence-electron chi connectivity index (χ0n) is 14.3. The average molecular weight is 345 g/mol. The highest BCUT2D eigenvalue weighted by Crippen LogP contribution is 2.15. The van der Waals surface area contributed by atoms with Gasteiger partial charge in [0.2, 0.25) is 0 Å². The van der Waals surface area contributed by atoms with E-state index in [2.05, 4.69) is 29.0 Å². The minimum Gasteiger partial charge on any atom is -0.357 e. The molecule has 1 aromatic carbocycles. The number of carbonyl (C=O) groups is 1. The molecular formula is C18H23N3O2S. The molecule has 128 valence electrons. The summed E-state index contributed by atoms with van der Waals surface area (Å²) >= 11 is 0. The molecule has 0 spiro atoms. The molecule has 0 aliphatic heterocycles. The molecule has 0 unspecified atom stereocenters. The van der Waals surface area contributed by atoms with Crippen LogP contribution in [-0.4, -0.2) is 34.4 Å². The van der Waals surface area contributed by atoms with E-state index >= 15 is 0 Å². The van der Waals surface area contributed by atoms with Crippen LogP contribution in [0.5, 0.6) is 0 Å². The van der Waals surface area contributed by atoms with Crippen LogP contribution in [0.15, 0.2) is 42.6 Å². The predicted octanol–water partition coefficient (Wildman–Crippen LogP) is 3.06. The van der Waals surface area contributed by atoms with Crippen LogP contribution in [0.4, 0.5) is 11.5 Å². The lowest BCUT2D eigenvalue weighted by Gasteiger charge is -2.19. The highest BCUT2D eigenvalue weighted by atomic mass is 32.2. The fraction of sp³-hybridized carbons (Fsp3) is 0.333. The number of anilines is 2. The van der Waals surface area contributed by atoms with Crippen LogP contribution >= 0.6 is 0 Å². The zero-order chi connectivity index (χ0) is 17.5. The lowest BCUT2D eigenvalue weighted by Crippen LogP contribution is -2.22. The minimum atomic E-state index is -0.932. The number of aromatic nitrogens is 1. The van der Waals surface area contributed by atoms with Crippen LogP contribution in [0.1, 0.15) is 29.8 Å². The number of rotatable bonds is 7. The lowest BCUT2D eigenvalue weighted by molar-refractivity contribution is 0.102. The van der Waals surface area contributed by atoms with Gasteiger partial charge in [-0.2, -0.15) is 0 Å². The first kappa shape index (κ1) is 18.1. The maximum atomic E-state index is 12.4. The molecule has 24 heavy (non-hydrogen) atoms. The number of carbonyl (C=O) groups excluding carboxylic acids is 1. The van der Waals surface area contributed by atoms with E-state index in [1.807, 2.05) is 18.2 Å². The highest BCUT2D eigenvalue weighted by Gasteiger charge is 2.09. The van der Waals surface area contributed by atoms with Gasteiger partial charge in [-0.05, 0) is 43.7 Å². The van der Waals surface area contributed by atoms with Crippen LogP contribution < -0.4 is 10.2 Å². The average Bonchev–Trinajstić information content (AvgIpc) is 2.57. The largest absolute Gasteiger partial charge is 0.357 e. The number of nitrogens with one attached hydrogen (secondary N) is 1. The van der Waals surface area contributed by atoms with E-state index in [0.29, 0.717) is 17.0 Å². The molecule has 0 saturated carbocycles. The molecule has 6 heteroatoms. The van der Waals surface area contributed by atoms with Crippen LogP contribution in [0, 0.1) is 0 Å². The standard InChI is InChI=1S/C18H23N3O2S/c1-4-21(5-2)17-10-9-16(12-19-17)20-18(22)15-8-6-7-14(11-15)13-24(3)23/h6-12H,4-5,13H2,1-3H3,(H,20,22)/t24-/m0/s1. The molecule has 0 bridgehead atoms. The van der Waals surface area contributed by atoms with Gasteiger partial charge < -0.3 is 10.2 Å². The van der Waals surface area contributed by atoms with Gasteiger partial charge in [0.05, 0.1) is 11.9 Å². The van der Waals surface area contributed by atoms with Gasteiger partial charge in [0, 0.05) is 41.5 Å². The summed E-state index contributed by atoms with van der Waals surface area (Å²) < 4.78 is 11.3. The summed E-state index contributed by atoms with van der Waals surface area (Å²) in [5.41, 5.74) is 2.09. The van der Waals surface area contributed by atoms with E-state index in [4.69, 9.17) is 0 Å². The number of hydrogen-bond acceptors (Lipinski definition) is 4. The Bertz CT molecular complexity index is 712. The Morgan fingerprint density at radius 2 is 1.96 bits per heavy atom. The molecule has 0 saturated heterocycles. The molecular weight excluding hydrogens is 322 g/mol. The number of benzene rings is 1. The third-order valence-electron chi connectivity index (χ3n) is 3.65. The molecule has 0 fully saturated rings. The first-order chi connectivity index (χ1) is 11.5. The van der Waals surface area contributed by atoms with Gasteiger partial charge in [-0.25, -0.2) is 4.98 Å². The van der Waals surface area contributed by atoms with Gasteiger partial charge in [0.1, 0.15) is 5.82 Å². The van der Waals surface area contributed by atoms with E-state index in [1.165, 1.54) is 0 Å².